The summed E-state index contributed by atoms with van der Waals surface area (Å²) in [5.74, 6) is 0.470. The van der Waals surface area contributed by atoms with Crippen molar-refractivity contribution in [3.05, 3.63) is 65.7 Å². The molecule has 2 aromatic rings. The second-order valence-electron chi connectivity index (χ2n) is 6.40. The zero-order valence-corrected chi connectivity index (χ0v) is 14.1. The van der Waals surface area contributed by atoms with Crippen molar-refractivity contribution in [3.8, 4) is 5.75 Å². The van der Waals surface area contributed by atoms with Crippen LogP contribution in [0.5, 0.6) is 5.75 Å². The number of rotatable bonds is 4. The number of carbonyl (C=O) groups is 1. The van der Waals surface area contributed by atoms with Gasteiger partial charge in [0.2, 0.25) is 5.91 Å². The van der Waals surface area contributed by atoms with Crippen molar-refractivity contribution >= 4 is 17.7 Å². The Hall–Kier alpha value is -2.55. The van der Waals surface area contributed by atoms with Crippen LogP contribution in [0, 0.1) is 0 Å². The molecule has 23 heavy (non-hydrogen) atoms. The van der Waals surface area contributed by atoms with Gasteiger partial charge in [-0.15, -0.1) is 0 Å². The van der Waals surface area contributed by atoms with Gasteiger partial charge in [-0.1, -0.05) is 57.2 Å². The fourth-order valence-electron chi connectivity index (χ4n) is 2.18. The molecule has 2 aromatic carbocycles. The number of anilines is 1. The molecule has 0 saturated heterocycles. The first-order valence-corrected chi connectivity index (χ1v) is 7.63. The number of ether oxygens (including phenoxy) is 1. The van der Waals surface area contributed by atoms with E-state index in [2.05, 4.69) is 26.1 Å². The molecule has 1 N–H and O–H groups in total. The van der Waals surface area contributed by atoms with Crippen LogP contribution in [0.1, 0.15) is 31.9 Å². The van der Waals surface area contributed by atoms with Crippen LogP contribution in [0.4, 0.5) is 5.69 Å². The van der Waals surface area contributed by atoms with Crippen LogP contribution in [-0.4, -0.2) is 13.0 Å². The van der Waals surface area contributed by atoms with Crippen molar-refractivity contribution in [2.24, 2.45) is 0 Å². The molecule has 0 atom stereocenters. The van der Waals surface area contributed by atoms with Gasteiger partial charge in [0.1, 0.15) is 5.75 Å². The van der Waals surface area contributed by atoms with E-state index in [1.54, 1.807) is 13.2 Å². The van der Waals surface area contributed by atoms with Crippen LogP contribution < -0.4 is 10.1 Å². The third kappa shape index (κ3) is 4.71. The van der Waals surface area contributed by atoms with E-state index in [0.29, 0.717) is 11.4 Å². The molecule has 0 fully saturated rings. The quantitative estimate of drug-likeness (QED) is 0.835. The lowest BCUT2D eigenvalue weighted by Gasteiger charge is -2.21. The van der Waals surface area contributed by atoms with Gasteiger partial charge in [0, 0.05) is 6.08 Å². The molecule has 0 aliphatic heterocycles. The molecule has 2 rings (SSSR count). The highest BCUT2D eigenvalue weighted by molar-refractivity contribution is 6.02. The minimum absolute atomic E-state index is 0.00558. The molecule has 0 aromatic heterocycles. The second-order valence-corrected chi connectivity index (χ2v) is 6.40. The maximum Gasteiger partial charge on any atom is 0.248 e. The Balaban J connectivity index is 2.18. The first kappa shape index (κ1) is 16.8. The highest BCUT2D eigenvalue weighted by Gasteiger charge is 2.16. The molecule has 0 aliphatic carbocycles. The molecule has 3 heteroatoms. The number of amides is 1. The number of nitrogens with one attached hydrogen (secondary N) is 1. The standard InChI is InChI=1S/C20H23NO2/c1-20(2,3)16-11-12-18(23-4)17(14-16)21-19(22)13-10-15-8-6-5-7-9-15/h5-14H,1-4H3,(H,21,22). The van der Waals surface area contributed by atoms with Crippen molar-refractivity contribution in [1.82, 2.24) is 0 Å². The van der Waals surface area contributed by atoms with Crippen molar-refractivity contribution in [2.75, 3.05) is 12.4 Å². The normalized spacial score (nSPS) is 11.5. The Morgan fingerprint density at radius 1 is 1.09 bits per heavy atom. The summed E-state index contributed by atoms with van der Waals surface area (Å²) in [6.45, 7) is 6.40. The van der Waals surface area contributed by atoms with Gasteiger partial charge < -0.3 is 10.1 Å². The van der Waals surface area contributed by atoms with Gasteiger partial charge in [0.25, 0.3) is 0 Å². The largest absolute Gasteiger partial charge is 0.495 e. The molecule has 3 nitrogen and oxygen atoms in total. The summed E-state index contributed by atoms with van der Waals surface area (Å²) in [6.07, 6.45) is 3.31. The van der Waals surface area contributed by atoms with Crippen LogP contribution in [0.15, 0.2) is 54.6 Å². The van der Waals surface area contributed by atoms with Crippen molar-refractivity contribution in [2.45, 2.75) is 26.2 Å². The van der Waals surface area contributed by atoms with Crippen LogP contribution >= 0.6 is 0 Å². The Morgan fingerprint density at radius 2 is 1.78 bits per heavy atom. The molecule has 0 heterocycles. The number of hydrogen-bond acceptors (Lipinski definition) is 2. The molecule has 0 spiro atoms. The summed E-state index contributed by atoms with van der Waals surface area (Å²) in [6, 6.07) is 15.6. The summed E-state index contributed by atoms with van der Waals surface area (Å²) in [5.41, 5.74) is 2.81. The first-order valence-electron chi connectivity index (χ1n) is 7.63. The van der Waals surface area contributed by atoms with Crippen molar-refractivity contribution in [3.63, 3.8) is 0 Å². The van der Waals surface area contributed by atoms with Crippen LogP contribution in [0.2, 0.25) is 0 Å². The Kier molecular flexibility index (Phi) is 5.22. The van der Waals surface area contributed by atoms with Crippen LogP contribution in [-0.2, 0) is 10.2 Å². The lowest BCUT2D eigenvalue weighted by molar-refractivity contribution is -0.111. The number of methoxy groups -OCH3 is 1. The lowest BCUT2D eigenvalue weighted by Crippen LogP contribution is -2.14. The smallest absolute Gasteiger partial charge is 0.248 e. The summed E-state index contributed by atoms with van der Waals surface area (Å²) in [7, 11) is 1.60. The molecule has 1 amide bonds. The van der Waals surface area contributed by atoms with E-state index in [1.807, 2.05) is 48.5 Å². The zero-order valence-electron chi connectivity index (χ0n) is 14.1. The molecule has 0 aliphatic rings. The molecule has 0 unspecified atom stereocenters. The van der Waals surface area contributed by atoms with Gasteiger partial charge in [-0.05, 0) is 34.8 Å². The number of hydrogen-bond donors (Lipinski definition) is 1. The molecule has 0 saturated carbocycles. The highest BCUT2D eigenvalue weighted by atomic mass is 16.5. The fourth-order valence-corrected chi connectivity index (χ4v) is 2.18. The van der Waals surface area contributed by atoms with Gasteiger partial charge in [-0.3, -0.25) is 4.79 Å². The molecular formula is C20H23NO2. The van der Waals surface area contributed by atoms with Gasteiger partial charge in [0.15, 0.2) is 0 Å². The molecule has 0 radical (unpaired) electrons. The van der Waals surface area contributed by atoms with E-state index in [-0.39, 0.29) is 11.3 Å². The van der Waals surface area contributed by atoms with E-state index in [9.17, 15) is 4.79 Å². The van der Waals surface area contributed by atoms with Crippen LogP contribution in [0.3, 0.4) is 0 Å². The average molecular weight is 309 g/mol. The maximum atomic E-state index is 12.2. The maximum absolute atomic E-state index is 12.2. The fraction of sp³-hybridized carbons (Fsp3) is 0.250. The number of carbonyl (C=O) groups excluding carboxylic acids is 1. The molecular weight excluding hydrogens is 286 g/mol. The third-order valence-electron chi connectivity index (χ3n) is 3.55. The summed E-state index contributed by atoms with van der Waals surface area (Å²) in [4.78, 5) is 12.2. The van der Waals surface area contributed by atoms with Crippen LogP contribution in [0.25, 0.3) is 6.08 Å². The van der Waals surface area contributed by atoms with E-state index in [1.165, 1.54) is 6.08 Å². The topological polar surface area (TPSA) is 38.3 Å². The van der Waals surface area contributed by atoms with E-state index in [4.69, 9.17) is 4.74 Å². The summed E-state index contributed by atoms with van der Waals surface area (Å²) < 4.78 is 5.34. The predicted octanol–water partition coefficient (Wildman–Crippen LogP) is 4.64. The molecule has 0 bridgehead atoms. The molecule has 120 valence electrons. The Morgan fingerprint density at radius 3 is 2.39 bits per heavy atom. The minimum atomic E-state index is -0.182. The van der Waals surface area contributed by atoms with Crippen molar-refractivity contribution < 1.29 is 9.53 Å². The highest BCUT2D eigenvalue weighted by Crippen LogP contribution is 2.31. The Bertz CT molecular complexity index is 697. The minimum Gasteiger partial charge on any atom is -0.495 e. The Labute approximate surface area is 138 Å². The van der Waals surface area contributed by atoms with Crippen molar-refractivity contribution in [1.29, 1.82) is 0 Å². The zero-order chi connectivity index (χ0) is 16.9. The van der Waals surface area contributed by atoms with Gasteiger partial charge >= 0.3 is 0 Å². The van der Waals surface area contributed by atoms with E-state index < -0.39 is 0 Å². The SMILES string of the molecule is COc1ccc(C(C)(C)C)cc1NC(=O)C=Cc1ccccc1. The summed E-state index contributed by atoms with van der Waals surface area (Å²) in [5, 5.41) is 2.89. The average Bonchev–Trinajstić information content (AvgIpc) is 2.53. The van der Waals surface area contributed by atoms with Gasteiger partial charge in [-0.2, -0.15) is 0 Å². The van der Waals surface area contributed by atoms with E-state index in [0.717, 1.165) is 11.1 Å². The predicted molar refractivity (Wildman–Crippen MR) is 95.8 cm³/mol. The van der Waals surface area contributed by atoms with Gasteiger partial charge in [0.05, 0.1) is 12.8 Å². The number of benzene rings is 2. The van der Waals surface area contributed by atoms with Gasteiger partial charge in [-0.25, -0.2) is 0 Å². The monoisotopic (exact) mass is 309 g/mol. The lowest BCUT2D eigenvalue weighted by atomic mass is 9.87. The third-order valence-corrected chi connectivity index (χ3v) is 3.55. The second kappa shape index (κ2) is 7.14. The van der Waals surface area contributed by atoms with E-state index >= 15 is 0 Å². The summed E-state index contributed by atoms with van der Waals surface area (Å²) >= 11 is 0. The first-order chi connectivity index (χ1) is 10.9.